The van der Waals surface area contributed by atoms with Crippen molar-refractivity contribution in [1.82, 2.24) is 0 Å². The smallest absolute Gasteiger partial charge is 0.305 e. The molecule has 0 aromatic heterocycles. The van der Waals surface area contributed by atoms with E-state index in [9.17, 15) is 4.79 Å². The molecule has 0 N–H and O–H groups in total. The van der Waals surface area contributed by atoms with E-state index in [1.54, 1.807) is 0 Å². The summed E-state index contributed by atoms with van der Waals surface area (Å²) in [5.74, 6) is -0.153. The second kappa shape index (κ2) is 36.2. The predicted octanol–water partition coefficient (Wildman–Crippen LogP) is 4.60. The standard InChI is InChI=1S/C30H60O10/c1-3-5-7-8-9-11-13-32-14-15-33-16-17-34-18-19-35-20-21-36-22-23-37-24-25-38-26-27-39-28-29-40-30(31)12-10-6-4-2/h3-29H2,1-2H3. The molecule has 240 valence electrons. The van der Waals surface area contributed by atoms with E-state index in [1.165, 1.54) is 32.1 Å². The molecule has 0 aliphatic carbocycles. The Morgan fingerprint density at radius 1 is 0.350 bits per heavy atom. The van der Waals surface area contributed by atoms with Gasteiger partial charge in [0.15, 0.2) is 0 Å². The van der Waals surface area contributed by atoms with E-state index in [-0.39, 0.29) is 5.97 Å². The summed E-state index contributed by atoms with van der Waals surface area (Å²) < 4.78 is 48.9. The minimum atomic E-state index is -0.153. The number of rotatable bonds is 35. The first kappa shape index (κ1) is 39.1. The Bertz CT molecular complexity index is 481. The van der Waals surface area contributed by atoms with Gasteiger partial charge in [-0.1, -0.05) is 58.8 Å². The van der Waals surface area contributed by atoms with Crippen molar-refractivity contribution in [2.75, 3.05) is 112 Å². The van der Waals surface area contributed by atoms with E-state index in [0.29, 0.717) is 112 Å². The maximum Gasteiger partial charge on any atom is 0.305 e. The lowest BCUT2D eigenvalue weighted by Gasteiger charge is -2.09. The zero-order valence-electron chi connectivity index (χ0n) is 25.7. The van der Waals surface area contributed by atoms with Crippen molar-refractivity contribution in [3.8, 4) is 0 Å². The van der Waals surface area contributed by atoms with E-state index in [0.717, 1.165) is 32.3 Å². The molecule has 0 rings (SSSR count). The summed E-state index contributed by atoms with van der Waals surface area (Å²) in [6.45, 7) is 13.3. The number of carbonyl (C=O) groups is 1. The van der Waals surface area contributed by atoms with Gasteiger partial charge in [-0.05, 0) is 12.8 Å². The SMILES string of the molecule is CCCCCCCCOCCOCCOCCOCCOCCOCCOCCOCCOC(=O)CCCCC. The van der Waals surface area contributed by atoms with Crippen molar-refractivity contribution < 1.29 is 47.4 Å². The molecule has 0 heterocycles. The maximum atomic E-state index is 11.4. The van der Waals surface area contributed by atoms with Crippen molar-refractivity contribution in [3.05, 3.63) is 0 Å². The number of esters is 1. The van der Waals surface area contributed by atoms with E-state index < -0.39 is 0 Å². The third-order valence-corrected chi connectivity index (χ3v) is 5.72. The van der Waals surface area contributed by atoms with Gasteiger partial charge in [-0.15, -0.1) is 0 Å². The Balaban J connectivity index is 3.06. The van der Waals surface area contributed by atoms with E-state index in [4.69, 9.17) is 42.6 Å². The highest BCUT2D eigenvalue weighted by Gasteiger charge is 2.02. The van der Waals surface area contributed by atoms with Crippen molar-refractivity contribution in [3.63, 3.8) is 0 Å². The highest BCUT2D eigenvalue weighted by atomic mass is 16.6. The van der Waals surface area contributed by atoms with Crippen molar-refractivity contribution in [2.45, 2.75) is 78.1 Å². The second-order valence-electron chi connectivity index (χ2n) is 9.34. The van der Waals surface area contributed by atoms with Crippen LogP contribution in [0, 0.1) is 0 Å². The predicted molar refractivity (Wildman–Crippen MR) is 155 cm³/mol. The Morgan fingerprint density at radius 3 is 1.05 bits per heavy atom. The van der Waals surface area contributed by atoms with Crippen LogP contribution in [0.2, 0.25) is 0 Å². The summed E-state index contributed by atoms with van der Waals surface area (Å²) in [7, 11) is 0. The van der Waals surface area contributed by atoms with Crippen LogP contribution in [0.5, 0.6) is 0 Å². The molecule has 0 saturated heterocycles. The normalized spacial score (nSPS) is 11.3. The molecule has 0 spiro atoms. The van der Waals surface area contributed by atoms with Gasteiger partial charge in [0.1, 0.15) is 6.61 Å². The van der Waals surface area contributed by atoms with Gasteiger partial charge in [-0.3, -0.25) is 4.79 Å². The first-order valence-electron chi connectivity index (χ1n) is 15.6. The number of carbonyl (C=O) groups excluding carboxylic acids is 1. The largest absolute Gasteiger partial charge is 0.463 e. The number of hydrogen-bond donors (Lipinski definition) is 0. The molecule has 0 atom stereocenters. The molecule has 10 nitrogen and oxygen atoms in total. The van der Waals surface area contributed by atoms with E-state index in [2.05, 4.69) is 13.8 Å². The highest BCUT2D eigenvalue weighted by Crippen LogP contribution is 2.04. The topological polar surface area (TPSA) is 100 Å². The summed E-state index contributed by atoms with van der Waals surface area (Å²) in [4.78, 5) is 11.4. The minimum Gasteiger partial charge on any atom is -0.463 e. The molecule has 0 saturated carbocycles. The van der Waals surface area contributed by atoms with Crippen LogP contribution in [-0.2, 0) is 47.4 Å². The summed E-state index contributed by atoms with van der Waals surface area (Å²) in [6, 6.07) is 0. The number of ether oxygens (including phenoxy) is 9. The van der Waals surface area contributed by atoms with Crippen LogP contribution in [0.4, 0.5) is 0 Å². The lowest BCUT2D eigenvalue weighted by atomic mass is 10.1. The van der Waals surface area contributed by atoms with Crippen LogP contribution in [0.15, 0.2) is 0 Å². The van der Waals surface area contributed by atoms with Crippen LogP contribution < -0.4 is 0 Å². The molecule has 40 heavy (non-hydrogen) atoms. The Kier molecular flexibility index (Phi) is 35.4. The molecule has 0 bridgehead atoms. The molecule has 0 amide bonds. The number of hydrogen-bond acceptors (Lipinski definition) is 10. The van der Waals surface area contributed by atoms with Gasteiger partial charge < -0.3 is 42.6 Å². The second-order valence-corrected chi connectivity index (χ2v) is 9.34. The lowest BCUT2D eigenvalue weighted by Crippen LogP contribution is -2.15. The average molecular weight is 581 g/mol. The third kappa shape index (κ3) is 35.2. The monoisotopic (exact) mass is 580 g/mol. The fourth-order valence-electron chi connectivity index (χ4n) is 3.43. The molecule has 0 radical (unpaired) electrons. The van der Waals surface area contributed by atoms with Crippen molar-refractivity contribution in [2.24, 2.45) is 0 Å². The van der Waals surface area contributed by atoms with Crippen LogP contribution in [-0.4, -0.2) is 118 Å². The summed E-state index contributed by atoms with van der Waals surface area (Å²) in [5, 5.41) is 0. The summed E-state index contributed by atoms with van der Waals surface area (Å²) in [5.41, 5.74) is 0. The van der Waals surface area contributed by atoms with Gasteiger partial charge in [0.25, 0.3) is 0 Å². The van der Waals surface area contributed by atoms with Crippen LogP contribution in [0.3, 0.4) is 0 Å². The van der Waals surface area contributed by atoms with Gasteiger partial charge in [0, 0.05) is 13.0 Å². The fourth-order valence-corrected chi connectivity index (χ4v) is 3.43. The molecule has 0 aromatic carbocycles. The molecule has 0 unspecified atom stereocenters. The van der Waals surface area contributed by atoms with Gasteiger partial charge in [0.05, 0.1) is 99.1 Å². The molecule has 10 heteroatoms. The van der Waals surface area contributed by atoms with Crippen molar-refractivity contribution in [1.29, 1.82) is 0 Å². The zero-order chi connectivity index (χ0) is 29.0. The van der Waals surface area contributed by atoms with E-state index >= 15 is 0 Å². The zero-order valence-corrected chi connectivity index (χ0v) is 25.7. The third-order valence-electron chi connectivity index (χ3n) is 5.72. The van der Waals surface area contributed by atoms with Crippen LogP contribution in [0.25, 0.3) is 0 Å². The quantitative estimate of drug-likeness (QED) is 0.0781. The molecular weight excluding hydrogens is 520 g/mol. The molecule has 0 aromatic rings. The molecule has 0 fully saturated rings. The van der Waals surface area contributed by atoms with Gasteiger partial charge in [-0.2, -0.15) is 0 Å². The lowest BCUT2D eigenvalue weighted by molar-refractivity contribution is -0.145. The summed E-state index contributed by atoms with van der Waals surface area (Å²) in [6.07, 6.45) is 11.2. The summed E-state index contributed by atoms with van der Waals surface area (Å²) >= 11 is 0. The van der Waals surface area contributed by atoms with Crippen LogP contribution >= 0.6 is 0 Å². The fraction of sp³-hybridized carbons (Fsp3) is 0.967. The maximum absolute atomic E-state index is 11.4. The number of unbranched alkanes of at least 4 members (excludes halogenated alkanes) is 7. The first-order chi connectivity index (χ1) is 19.8. The Labute approximate surface area is 244 Å². The Morgan fingerprint density at radius 2 is 0.650 bits per heavy atom. The van der Waals surface area contributed by atoms with Crippen molar-refractivity contribution >= 4 is 5.97 Å². The first-order valence-corrected chi connectivity index (χ1v) is 15.6. The molecule has 0 aliphatic heterocycles. The Hall–Kier alpha value is -0.850. The van der Waals surface area contributed by atoms with Gasteiger partial charge in [0.2, 0.25) is 0 Å². The average Bonchev–Trinajstić information content (AvgIpc) is 2.96. The van der Waals surface area contributed by atoms with Crippen LogP contribution in [0.1, 0.15) is 78.1 Å². The molecule has 0 aliphatic rings. The molecular formula is C30H60O10. The highest BCUT2D eigenvalue weighted by molar-refractivity contribution is 5.69. The van der Waals surface area contributed by atoms with Gasteiger partial charge in [-0.25, -0.2) is 0 Å². The minimum absolute atomic E-state index is 0.153. The van der Waals surface area contributed by atoms with E-state index in [1.807, 2.05) is 0 Å². The van der Waals surface area contributed by atoms with Gasteiger partial charge >= 0.3 is 5.97 Å².